The van der Waals surface area contributed by atoms with E-state index in [1.807, 2.05) is 0 Å². The van der Waals surface area contributed by atoms with E-state index in [1.54, 1.807) is 22.8 Å². The molecule has 0 atom stereocenters. The fraction of sp³-hybridized carbons (Fsp3) is 0.364. The van der Waals surface area contributed by atoms with Crippen molar-refractivity contribution in [3.8, 4) is 0 Å². The number of benzene rings is 1. The number of nitrogen functional groups attached to an aromatic ring is 1. The van der Waals surface area contributed by atoms with E-state index >= 15 is 0 Å². The van der Waals surface area contributed by atoms with Gasteiger partial charge in [0, 0.05) is 12.2 Å². The molecule has 0 saturated carbocycles. The third kappa shape index (κ3) is 1.75. The van der Waals surface area contributed by atoms with Crippen molar-refractivity contribution in [3.63, 3.8) is 0 Å². The van der Waals surface area contributed by atoms with Gasteiger partial charge in [0.15, 0.2) is 5.58 Å². The van der Waals surface area contributed by atoms with Crippen LogP contribution in [0.15, 0.2) is 27.4 Å². The second kappa shape index (κ2) is 3.46. The minimum Gasteiger partial charge on any atom is -0.408 e. The Bertz CT molecular complexity index is 537. The number of hydrogen-bond donors (Lipinski definition) is 1. The number of fused-ring (bicyclic) bond motifs is 1. The van der Waals surface area contributed by atoms with E-state index in [1.165, 1.54) is 0 Å². The molecular formula is C11H14N2O2. The first-order chi connectivity index (χ1) is 7.08. The molecule has 2 rings (SSSR count). The summed E-state index contributed by atoms with van der Waals surface area (Å²) in [7, 11) is 0. The molecule has 1 aromatic carbocycles. The van der Waals surface area contributed by atoms with Crippen LogP contribution in [0.3, 0.4) is 0 Å². The second-order valence-corrected chi connectivity index (χ2v) is 4.10. The Morgan fingerprint density at radius 3 is 2.87 bits per heavy atom. The molecule has 0 unspecified atom stereocenters. The molecule has 0 aliphatic rings. The lowest BCUT2D eigenvalue weighted by molar-refractivity contribution is 0.458. The fourth-order valence-electron chi connectivity index (χ4n) is 1.62. The number of nitrogens with zero attached hydrogens (tertiary/aromatic N) is 1. The van der Waals surface area contributed by atoms with Gasteiger partial charge in [-0.1, -0.05) is 13.8 Å². The van der Waals surface area contributed by atoms with E-state index in [9.17, 15) is 4.79 Å². The third-order valence-electron chi connectivity index (χ3n) is 2.24. The average Bonchev–Trinajstić information content (AvgIpc) is 2.43. The van der Waals surface area contributed by atoms with Crippen LogP contribution in [-0.2, 0) is 6.54 Å². The number of oxazole rings is 1. The van der Waals surface area contributed by atoms with Crippen LogP contribution in [0.25, 0.3) is 11.1 Å². The molecule has 1 aromatic heterocycles. The van der Waals surface area contributed by atoms with Gasteiger partial charge in [-0.2, -0.15) is 0 Å². The summed E-state index contributed by atoms with van der Waals surface area (Å²) < 4.78 is 6.73. The molecule has 4 heteroatoms. The first-order valence-corrected chi connectivity index (χ1v) is 4.97. The third-order valence-corrected chi connectivity index (χ3v) is 2.24. The Kier molecular flexibility index (Phi) is 2.26. The van der Waals surface area contributed by atoms with Crippen LogP contribution in [0, 0.1) is 5.92 Å². The van der Waals surface area contributed by atoms with Gasteiger partial charge < -0.3 is 10.2 Å². The lowest BCUT2D eigenvalue weighted by atomic mass is 10.2. The zero-order chi connectivity index (χ0) is 11.0. The van der Waals surface area contributed by atoms with Crippen molar-refractivity contribution < 1.29 is 4.42 Å². The number of anilines is 1. The molecule has 15 heavy (non-hydrogen) atoms. The lowest BCUT2D eigenvalue weighted by Crippen LogP contribution is -2.17. The van der Waals surface area contributed by atoms with Crippen LogP contribution in [0.4, 0.5) is 5.69 Å². The molecule has 0 saturated heterocycles. The van der Waals surface area contributed by atoms with Crippen LogP contribution in [0.2, 0.25) is 0 Å². The van der Waals surface area contributed by atoms with E-state index in [0.29, 0.717) is 23.7 Å². The van der Waals surface area contributed by atoms with Crippen molar-refractivity contribution in [1.29, 1.82) is 0 Å². The zero-order valence-corrected chi connectivity index (χ0v) is 8.86. The summed E-state index contributed by atoms with van der Waals surface area (Å²) >= 11 is 0. The summed E-state index contributed by atoms with van der Waals surface area (Å²) in [6, 6.07) is 5.22. The van der Waals surface area contributed by atoms with Crippen molar-refractivity contribution in [2.24, 2.45) is 5.92 Å². The standard InChI is InChI=1S/C11H14N2O2/c1-7(2)6-13-9-5-8(12)3-4-10(9)15-11(13)14/h3-5,7H,6,12H2,1-2H3. The highest BCUT2D eigenvalue weighted by Gasteiger charge is 2.10. The van der Waals surface area contributed by atoms with E-state index in [-0.39, 0.29) is 5.76 Å². The van der Waals surface area contributed by atoms with Gasteiger partial charge in [0.05, 0.1) is 5.52 Å². The van der Waals surface area contributed by atoms with Gasteiger partial charge in [-0.3, -0.25) is 4.57 Å². The van der Waals surface area contributed by atoms with E-state index in [0.717, 1.165) is 5.52 Å². The highest BCUT2D eigenvalue weighted by atomic mass is 16.4. The topological polar surface area (TPSA) is 61.2 Å². The van der Waals surface area contributed by atoms with Gasteiger partial charge in [-0.05, 0) is 24.1 Å². The Balaban J connectivity index is 2.65. The van der Waals surface area contributed by atoms with Crippen LogP contribution in [0.1, 0.15) is 13.8 Å². The number of nitrogens with two attached hydrogens (primary N) is 1. The van der Waals surface area contributed by atoms with Crippen molar-refractivity contribution in [3.05, 3.63) is 28.7 Å². The Morgan fingerprint density at radius 2 is 2.20 bits per heavy atom. The van der Waals surface area contributed by atoms with Gasteiger partial charge in [0.2, 0.25) is 0 Å². The quantitative estimate of drug-likeness (QED) is 0.762. The molecule has 80 valence electrons. The van der Waals surface area contributed by atoms with Crippen LogP contribution in [-0.4, -0.2) is 4.57 Å². The van der Waals surface area contributed by atoms with Gasteiger partial charge in [-0.25, -0.2) is 4.79 Å². The molecule has 0 radical (unpaired) electrons. The van der Waals surface area contributed by atoms with Crippen LogP contribution >= 0.6 is 0 Å². The predicted octanol–water partition coefficient (Wildman–Crippen LogP) is 1.83. The molecule has 2 N–H and O–H groups in total. The summed E-state index contributed by atoms with van der Waals surface area (Å²) in [6.45, 7) is 4.75. The zero-order valence-electron chi connectivity index (χ0n) is 8.86. The first kappa shape index (κ1) is 9.83. The van der Waals surface area contributed by atoms with Gasteiger partial charge in [0.1, 0.15) is 0 Å². The highest BCUT2D eigenvalue weighted by Crippen LogP contribution is 2.17. The maximum atomic E-state index is 11.5. The molecule has 0 aliphatic carbocycles. The van der Waals surface area contributed by atoms with E-state index < -0.39 is 0 Å². The largest absolute Gasteiger partial charge is 0.419 e. The second-order valence-electron chi connectivity index (χ2n) is 4.10. The van der Waals surface area contributed by atoms with Crippen molar-refractivity contribution in [2.75, 3.05) is 5.73 Å². The molecule has 2 aromatic rings. The average molecular weight is 206 g/mol. The van der Waals surface area contributed by atoms with Crippen molar-refractivity contribution >= 4 is 16.8 Å². The normalized spacial score (nSPS) is 11.4. The minimum atomic E-state index is -0.315. The first-order valence-electron chi connectivity index (χ1n) is 4.97. The summed E-state index contributed by atoms with van der Waals surface area (Å²) in [5, 5.41) is 0. The van der Waals surface area contributed by atoms with E-state index in [4.69, 9.17) is 10.2 Å². The smallest absolute Gasteiger partial charge is 0.408 e. The summed E-state index contributed by atoms with van der Waals surface area (Å²) in [6.07, 6.45) is 0. The Morgan fingerprint density at radius 1 is 1.47 bits per heavy atom. The van der Waals surface area contributed by atoms with Gasteiger partial charge in [0.25, 0.3) is 0 Å². The van der Waals surface area contributed by atoms with Gasteiger partial charge in [-0.15, -0.1) is 0 Å². The maximum Gasteiger partial charge on any atom is 0.419 e. The molecule has 4 nitrogen and oxygen atoms in total. The summed E-state index contributed by atoms with van der Waals surface area (Å²) in [5.41, 5.74) is 7.68. The fourth-order valence-corrected chi connectivity index (χ4v) is 1.62. The SMILES string of the molecule is CC(C)Cn1c(=O)oc2ccc(N)cc21. The number of aromatic nitrogens is 1. The summed E-state index contributed by atoms with van der Waals surface area (Å²) in [5.74, 6) is 0.0780. The number of rotatable bonds is 2. The van der Waals surface area contributed by atoms with E-state index in [2.05, 4.69) is 13.8 Å². The molecular weight excluding hydrogens is 192 g/mol. The van der Waals surface area contributed by atoms with Crippen molar-refractivity contribution in [2.45, 2.75) is 20.4 Å². The molecule has 0 amide bonds. The van der Waals surface area contributed by atoms with Crippen LogP contribution in [0.5, 0.6) is 0 Å². The molecule has 0 spiro atoms. The predicted molar refractivity (Wildman–Crippen MR) is 59.7 cm³/mol. The maximum absolute atomic E-state index is 11.5. The highest BCUT2D eigenvalue weighted by molar-refractivity contribution is 5.76. The van der Waals surface area contributed by atoms with Crippen LogP contribution < -0.4 is 11.5 Å². The lowest BCUT2D eigenvalue weighted by Gasteiger charge is -2.04. The molecule has 0 fully saturated rings. The summed E-state index contributed by atoms with van der Waals surface area (Å²) in [4.78, 5) is 11.5. The monoisotopic (exact) mass is 206 g/mol. The molecule has 0 bridgehead atoms. The Labute approximate surface area is 87.3 Å². The minimum absolute atomic E-state index is 0.315. The van der Waals surface area contributed by atoms with Gasteiger partial charge >= 0.3 is 5.76 Å². The molecule has 1 heterocycles. The Hall–Kier alpha value is -1.71. The number of hydrogen-bond acceptors (Lipinski definition) is 3. The van der Waals surface area contributed by atoms with Crippen molar-refractivity contribution in [1.82, 2.24) is 4.57 Å². The molecule has 0 aliphatic heterocycles.